The second kappa shape index (κ2) is 5.89. The van der Waals surface area contributed by atoms with Crippen LogP contribution in [0.15, 0.2) is 54.6 Å². The molecule has 2 aromatic carbocycles. The van der Waals surface area contributed by atoms with E-state index in [0.717, 1.165) is 5.75 Å². The summed E-state index contributed by atoms with van der Waals surface area (Å²) >= 11 is 0. The molecule has 0 aliphatic carbocycles. The minimum atomic E-state index is -0.0217. The molecule has 2 rings (SSSR count). The van der Waals surface area contributed by atoms with E-state index in [4.69, 9.17) is 10.5 Å². The van der Waals surface area contributed by atoms with Crippen molar-refractivity contribution in [1.29, 1.82) is 0 Å². The second-order valence-corrected chi connectivity index (χ2v) is 5.39. The maximum atomic E-state index is 5.83. The predicted octanol–water partition coefficient (Wildman–Crippen LogP) is 3.50. The maximum absolute atomic E-state index is 5.83. The molecule has 2 heteroatoms. The molecule has 2 N–H and O–H groups in total. The number of rotatable bonds is 5. The molecule has 2 nitrogen and oxygen atoms in total. The summed E-state index contributed by atoms with van der Waals surface area (Å²) in [5.41, 5.74) is 8.17. The van der Waals surface area contributed by atoms with Crippen LogP contribution in [-0.2, 0) is 12.0 Å². The summed E-state index contributed by atoms with van der Waals surface area (Å²) in [6.07, 6.45) is 0. The SMILES string of the molecule is CC(C)(CN)c1cccc(OCc2ccccc2)c1. The van der Waals surface area contributed by atoms with Gasteiger partial charge >= 0.3 is 0 Å². The first-order valence-corrected chi connectivity index (χ1v) is 6.59. The Morgan fingerprint density at radius 3 is 2.42 bits per heavy atom. The molecule has 0 heterocycles. The highest BCUT2D eigenvalue weighted by molar-refractivity contribution is 5.33. The van der Waals surface area contributed by atoms with E-state index in [1.165, 1.54) is 11.1 Å². The highest BCUT2D eigenvalue weighted by Crippen LogP contribution is 2.25. The van der Waals surface area contributed by atoms with E-state index in [0.29, 0.717) is 13.2 Å². The smallest absolute Gasteiger partial charge is 0.120 e. The molecule has 2 aromatic rings. The molecule has 0 atom stereocenters. The Kier molecular flexibility index (Phi) is 4.23. The number of benzene rings is 2. The van der Waals surface area contributed by atoms with Crippen LogP contribution in [0, 0.1) is 0 Å². The van der Waals surface area contributed by atoms with Gasteiger partial charge in [-0.2, -0.15) is 0 Å². The van der Waals surface area contributed by atoms with Gasteiger partial charge in [-0.05, 0) is 23.3 Å². The topological polar surface area (TPSA) is 35.2 Å². The quantitative estimate of drug-likeness (QED) is 0.887. The summed E-state index contributed by atoms with van der Waals surface area (Å²) in [7, 11) is 0. The third kappa shape index (κ3) is 3.58. The van der Waals surface area contributed by atoms with Gasteiger partial charge in [0.15, 0.2) is 0 Å². The van der Waals surface area contributed by atoms with Gasteiger partial charge in [0, 0.05) is 12.0 Å². The monoisotopic (exact) mass is 255 g/mol. The zero-order chi connectivity index (χ0) is 13.7. The number of hydrogen-bond acceptors (Lipinski definition) is 2. The van der Waals surface area contributed by atoms with Gasteiger partial charge in [-0.3, -0.25) is 0 Å². The lowest BCUT2D eigenvalue weighted by Gasteiger charge is -2.23. The van der Waals surface area contributed by atoms with Crippen molar-refractivity contribution in [2.24, 2.45) is 5.73 Å². The van der Waals surface area contributed by atoms with E-state index in [-0.39, 0.29) is 5.41 Å². The van der Waals surface area contributed by atoms with Gasteiger partial charge in [0.1, 0.15) is 12.4 Å². The number of nitrogens with two attached hydrogens (primary N) is 1. The van der Waals surface area contributed by atoms with Crippen molar-refractivity contribution in [3.05, 3.63) is 65.7 Å². The fourth-order valence-electron chi connectivity index (χ4n) is 1.87. The van der Waals surface area contributed by atoms with Crippen LogP contribution >= 0.6 is 0 Å². The number of ether oxygens (including phenoxy) is 1. The Hall–Kier alpha value is -1.80. The summed E-state index contributed by atoms with van der Waals surface area (Å²) in [4.78, 5) is 0. The van der Waals surface area contributed by atoms with E-state index in [2.05, 4.69) is 38.1 Å². The normalized spacial score (nSPS) is 11.3. The highest BCUT2D eigenvalue weighted by atomic mass is 16.5. The summed E-state index contributed by atoms with van der Waals surface area (Å²) in [6, 6.07) is 18.4. The van der Waals surface area contributed by atoms with Crippen molar-refractivity contribution in [3.8, 4) is 5.75 Å². The molecular formula is C17H21NO. The number of hydrogen-bond donors (Lipinski definition) is 1. The first kappa shape index (κ1) is 13.6. The zero-order valence-electron chi connectivity index (χ0n) is 11.6. The van der Waals surface area contributed by atoms with Crippen molar-refractivity contribution in [2.45, 2.75) is 25.9 Å². The van der Waals surface area contributed by atoms with Crippen LogP contribution < -0.4 is 10.5 Å². The average Bonchev–Trinajstić information content (AvgIpc) is 2.46. The molecule has 0 saturated carbocycles. The molecule has 0 aliphatic rings. The van der Waals surface area contributed by atoms with Gasteiger partial charge < -0.3 is 10.5 Å². The molecule has 100 valence electrons. The molecular weight excluding hydrogens is 234 g/mol. The van der Waals surface area contributed by atoms with Crippen molar-refractivity contribution >= 4 is 0 Å². The predicted molar refractivity (Wildman–Crippen MR) is 79.3 cm³/mol. The van der Waals surface area contributed by atoms with Crippen molar-refractivity contribution < 1.29 is 4.74 Å². The van der Waals surface area contributed by atoms with Crippen LogP contribution in [0.25, 0.3) is 0 Å². The van der Waals surface area contributed by atoms with Crippen molar-refractivity contribution in [1.82, 2.24) is 0 Å². The molecule has 0 amide bonds. The Balaban J connectivity index is 2.08. The second-order valence-electron chi connectivity index (χ2n) is 5.39. The molecule has 19 heavy (non-hydrogen) atoms. The lowest BCUT2D eigenvalue weighted by molar-refractivity contribution is 0.305. The highest BCUT2D eigenvalue weighted by Gasteiger charge is 2.18. The zero-order valence-corrected chi connectivity index (χ0v) is 11.6. The first-order chi connectivity index (χ1) is 9.12. The third-order valence-corrected chi connectivity index (χ3v) is 3.37. The van der Waals surface area contributed by atoms with E-state index in [1.54, 1.807) is 0 Å². The largest absolute Gasteiger partial charge is 0.489 e. The molecule has 0 aromatic heterocycles. The first-order valence-electron chi connectivity index (χ1n) is 6.59. The standard InChI is InChI=1S/C17H21NO/c1-17(2,13-18)15-9-6-10-16(11-15)19-12-14-7-4-3-5-8-14/h3-11H,12-13,18H2,1-2H3. The van der Waals surface area contributed by atoms with Gasteiger partial charge in [0.05, 0.1) is 0 Å². The Bertz CT molecular complexity index is 520. The van der Waals surface area contributed by atoms with E-state index in [9.17, 15) is 0 Å². The fraction of sp³-hybridized carbons (Fsp3) is 0.294. The molecule has 0 saturated heterocycles. The van der Waals surface area contributed by atoms with Crippen LogP contribution in [0.4, 0.5) is 0 Å². The van der Waals surface area contributed by atoms with Gasteiger partial charge in [0.25, 0.3) is 0 Å². The lowest BCUT2D eigenvalue weighted by Crippen LogP contribution is -2.27. The minimum absolute atomic E-state index is 0.0217. The summed E-state index contributed by atoms with van der Waals surface area (Å²) < 4.78 is 5.83. The Morgan fingerprint density at radius 2 is 1.74 bits per heavy atom. The van der Waals surface area contributed by atoms with Gasteiger partial charge in [-0.1, -0.05) is 56.3 Å². The van der Waals surface area contributed by atoms with E-state index in [1.807, 2.05) is 30.3 Å². The third-order valence-electron chi connectivity index (χ3n) is 3.37. The molecule has 0 aliphatic heterocycles. The minimum Gasteiger partial charge on any atom is -0.489 e. The maximum Gasteiger partial charge on any atom is 0.120 e. The molecule has 0 spiro atoms. The van der Waals surface area contributed by atoms with Crippen LogP contribution in [0.3, 0.4) is 0 Å². The summed E-state index contributed by atoms with van der Waals surface area (Å²) in [5.74, 6) is 0.892. The molecule has 0 bridgehead atoms. The van der Waals surface area contributed by atoms with Gasteiger partial charge in [0.2, 0.25) is 0 Å². The van der Waals surface area contributed by atoms with Crippen molar-refractivity contribution in [2.75, 3.05) is 6.54 Å². The molecule has 0 radical (unpaired) electrons. The Labute approximate surface area is 115 Å². The summed E-state index contributed by atoms with van der Waals surface area (Å²) in [6.45, 7) is 5.50. The average molecular weight is 255 g/mol. The van der Waals surface area contributed by atoms with Crippen LogP contribution in [-0.4, -0.2) is 6.54 Å². The Morgan fingerprint density at radius 1 is 1.00 bits per heavy atom. The van der Waals surface area contributed by atoms with Gasteiger partial charge in [-0.15, -0.1) is 0 Å². The van der Waals surface area contributed by atoms with E-state index < -0.39 is 0 Å². The fourth-order valence-corrected chi connectivity index (χ4v) is 1.87. The van der Waals surface area contributed by atoms with Crippen molar-refractivity contribution in [3.63, 3.8) is 0 Å². The van der Waals surface area contributed by atoms with Crippen LogP contribution in [0.5, 0.6) is 5.75 Å². The lowest BCUT2D eigenvalue weighted by atomic mass is 9.85. The van der Waals surface area contributed by atoms with E-state index >= 15 is 0 Å². The van der Waals surface area contributed by atoms with Gasteiger partial charge in [-0.25, -0.2) is 0 Å². The molecule has 0 unspecified atom stereocenters. The van der Waals surface area contributed by atoms with Crippen LogP contribution in [0.2, 0.25) is 0 Å². The molecule has 0 fully saturated rings. The summed E-state index contributed by atoms with van der Waals surface area (Å²) in [5, 5.41) is 0. The van der Waals surface area contributed by atoms with Crippen LogP contribution in [0.1, 0.15) is 25.0 Å².